The lowest BCUT2D eigenvalue weighted by Crippen LogP contribution is -2.61. The molecule has 1 aliphatic heterocycles. The van der Waals surface area contributed by atoms with E-state index in [1.54, 1.807) is 0 Å². The molecule has 1 fully saturated rings. The van der Waals surface area contributed by atoms with Crippen LogP contribution in [0.3, 0.4) is 0 Å². The van der Waals surface area contributed by atoms with Crippen molar-refractivity contribution in [2.75, 3.05) is 26.3 Å². The molecular weight excluding hydrogens is 215 g/mol. The van der Waals surface area contributed by atoms with Crippen LogP contribution in [0.2, 0.25) is 0 Å². The average molecular weight is 244 g/mol. The second-order valence-corrected chi connectivity index (χ2v) is 6.68. The zero-order valence-electron chi connectivity index (χ0n) is 12.1. The second kappa shape index (κ2) is 6.14. The van der Waals surface area contributed by atoms with Crippen LogP contribution in [0.4, 0.5) is 4.39 Å². The number of nitrogens with zero attached hydrogens (tertiary/aromatic N) is 1. The molecule has 17 heavy (non-hydrogen) atoms. The molecule has 1 aliphatic rings. The lowest BCUT2D eigenvalue weighted by Gasteiger charge is -2.47. The Kier molecular flexibility index (Phi) is 5.39. The highest BCUT2D eigenvalue weighted by atomic mass is 19.1. The van der Waals surface area contributed by atoms with Gasteiger partial charge in [-0.15, -0.1) is 0 Å². The Morgan fingerprint density at radius 3 is 2.47 bits per heavy atom. The van der Waals surface area contributed by atoms with Crippen LogP contribution in [0.1, 0.15) is 41.0 Å². The highest BCUT2D eigenvalue weighted by molar-refractivity contribution is 4.93. The van der Waals surface area contributed by atoms with Gasteiger partial charge >= 0.3 is 0 Å². The van der Waals surface area contributed by atoms with Crippen LogP contribution in [0.25, 0.3) is 0 Å². The van der Waals surface area contributed by atoms with E-state index in [0.29, 0.717) is 24.4 Å². The molecule has 102 valence electrons. The van der Waals surface area contributed by atoms with E-state index in [1.165, 1.54) is 0 Å². The number of nitrogens with one attached hydrogen (secondary N) is 1. The quantitative estimate of drug-likeness (QED) is 0.818. The van der Waals surface area contributed by atoms with E-state index < -0.39 is 0 Å². The Morgan fingerprint density at radius 2 is 2.00 bits per heavy atom. The highest BCUT2D eigenvalue weighted by Crippen LogP contribution is 2.27. The number of rotatable bonds is 4. The molecule has 0 aromatic rings. The molecule has 0 saturated carbocycles. The van der Waals surface area contributed by atoms with Gasteiger partial charge in [0.05, 0.1) is 6.67 Å². The van der Waals surface area contributed by atoms with Gasteiger partial charge in [0.25, 0.3) is 0 Å². The van der Waals surface area contributed by atoms with Crippen molar-refractivity contribution in [2.24, 2.45) is 11.3 Å². The van der Waals surface area contributed by atoms with Crippen molar-refractivity contribution < 1.29 is 4.39 Å². The number of hydrogen-bond acceptors (Lipinski definition) is 2. The Labute approximate surface area is 106 Å². The first kappa shape index (κ1) is 14.9. The van der Waals surface area contributed by atoms with Crippen LogP contribution in [0.15, 0.2) is 0 Å². The topological polar surface area (TPSA) is 15.3 Å². The summed E-state index contributed by atoms with van der Waals surface area (Å²) in [6.45, 7) is 14.1. The van der Waals surface area contributed by atoms with Gasteiger partial charge in [0.15, 0.2) is 0 Å². The molecule has 0 bridgehead atoms. The van der Waals surface area contributed by atoms with Gasteiger partial charge in [0.1, 0.15) is 0 Å². The highest BCUT2D eigenvalue weighted by Gasteiger charge is 2.35. The summed E-state index contributed by atoms with van der Waals surface area (Å²) < 4.78 is 12.4. The molecule has 2 atom stereocenters. The minimum absolute atomic E-state index is 0.201. The SMILES string of the molecule is CC(C)C1CN(CCCF)C(C(C)(C)C)CN1. The Hall–Kier alpha value is -0.150. The van der Waals surface area contributed by atoms with Gasteiger partial charge in [-0.05, 0) is 17.8 Å². The van der Waals surface area contributed by atoms with Gasteiger partial charge in [-0.1, -0.05) is 34.6 Å². The van der Waals surface area contributed by atoms with Crippen molar-refractivity contribution in [1.29, 1.82) is 0 Å². The normalized spacial score (nSPS) is 27.7. The van der Waals surface area contributed by atoms with Crippen molar-refractivity contribution >= 4 is 0 Å². The van der Waals surface area contributed by atoms with Crippen molar-refractivity contribution in [3.8, 4) is 0 Å². The monoisotopic (exact) mass is 244 g/mol. The standard InChI is InChI=1S/C14H29FN2/c1-11(2)12-10-17(8-6-7-15)13(9-16-12)14(3,4)5/h11-13,16H,6-10H2,1-5H3. The largest absolute Gasteiger partial charge is 0.311 e. The molecule has 0 aromatic heterocycles. The molecule has 1 heterocycles. The summed E-state index contributed by atoms with van der Waals surface area (Å²) in [4.78, 5) is 2.49. The number of halogens is 1. The van der Waals surface area contributed by atoms with Crippen molar-refractivity contribution in [2.45, 2.75) is 53.1 Å². The lowest BCUT2D eigenvalue weighted by atomic mass is 9.83. The van der Waals surface area contributed by atoms with Gasteiger partial charge in [0.2, 0.25) is 0 Å². The third-order valence-electron chi connectivity index (χ3n) is 3.83. The molecule has 0 aromatic carbocycles. The van der Waals surface area contributed by atoms with Gasteiger partial charge in [-0.2, -0.15) is 0 Å². The average Bonchev–Trinajstić information content (AvgIpc) is 2.24. The first-order valence-electron chi connectivity index (χ1n) is 6.89. The fraction of sp³-hybridized carbons (Fsp3) is 1.00. The summed E-state index contributed by atoms with van der Waals surface area (Å²) >= 11 is 0. The molecule has 2 nitrogen and oxygen atoms in total. The van der Waals surface area contributed by atoms with Crippen LogP contribution < -0.4 is 5.32 Å². The third kappa shape index (κ3) is 4.22. The van der Waals surface area contributed by atoms with Crippen molar-refractivity contribution in [1.82, 2.24) is 10.2 Å². The third-order valence-corrected chi connectivity index (χ3v) is 3.83. The Balaban J connectivity index is 2.65. The Morgan fingerprint density at radius 1 is 1.35 bits per heavy atom. The van der Waals surface area contributed by atoms with E-state index in [1.807, 2.05) is 0 Å². The molecule has 0 spiro atoms. The Bertz CT molecular complexity index is 223. The van der Waals surface area contributed by atoms with Gasteiger partial charge in [0, 0.05) is 31.7 Å². The summed E-state index contributed by atoms with van der Waals surface area (Å²) in [5.74, 6) is 0.642. The van der Waals surface area contributed by atoms with Crippen LogP contribution in [0.5, 0.6) is 0 Å². The van der Waals surface area contributed by atoms with E-state index in [4.69, 9.17) is 0 Å². The summed E-state index contributed by atoms with van der Waals surface area (Å²) in [6, 6.07) is 1.07. The summed E-state index contributed by atoms with van der Waals surface area (Å²) in [5, 5.41) is 3.65. The predicted octanol–water partition coefficient (Wildman–Crippen LogP) is 2.69. The number of hydrogen-bond donors (Lipinski definition) is 1. The smallest absolute Gasteiger partial charge is 0.0906 e. The van der Waals surface area contributed by atoms with E-state index >= 15 is 0 Å². The van der Waals surface area contributed by atoms with Gasteiger partial charge < -0.3 is 5.32 Å². The van der Waals surface area contributed by atoms with E-state index in [2.05, 4.69) is 44.8 Å². The molecule has 2 unspecified atom stereocenters. The van der Waals surface area contributed by atoms with Crippen molar-refractivity contribution in [3.63, 3.8) is 0 Å². The van der Waals surface area contributed by atoms with Crippen LogP contribution in [0, 0.1) is 11.3 Å². The van der Waals surface area contributed by atoms with E-state index in [-0.39, 0.29) is 12.1 Å². The number of piperazine rings is 1. The second-order valence-electron chi connectivity index (χ2n) is 6.68. The zero-order valence-corrected chi connectivity index (χ0v) is 12.1. The van der Waals surface area contributed by atoms with Crippen LogP contribution in [-0.4, -0.2) is 43.3 Å². The first-order chi connectivity index (χ1) is 7.86. The first-order valence-corrected chi connectivity index (χ1v) is 6.89. The molecule has 0 aliphatic carbocycles. The van der Waals surface area contributed by atoms with E-state index in [0.717, 1.165) is 19.6 Å². The molecule has 0 radical (unpaired) electrons. The molecule has 0 amide bonds. The molecule has 3 heteroatoms. The summed E-state index contributed by atoms with van der Waals surface area (Å²) in [5.41, 5.74) is 0.255. The fourth-order valence-electron chi connectivity index (χ4n) is 2.65. The maximum absolute atomic E-state index is 12.4. The molecule has 1 N–H and O–H groups in total. The molecule has 1 saturated heterocycles. The lowest BCUT2D eigenvalue weighted by molar-refractivity contribution is 0.0440. The minimum atomic E-state index is -0.201. The van der Waals surface area contributed by atoms with Crippen LogP contribution >= 0.6 is 0 Å². The van der Waals surface area contributed by atoms with Gasteiger partial charge in [-0.3, -0.25) is 9.29 Å². The van der Waals surface area contributed by atoms with Crippen LogP contribution in [-0.2, 0) is 0 Å². The minimum Gasteiger partial charge on any atom is -0.311 e. The van der Waals surface area contributed by atoms with E-state index in [9.17, 15) is 4.39 Å². The molecule has 1 rings (SSSR count). The summed E-state index contributed by atoms with van der Waals surface area (Å²) in [7, 11) is 0. The predicted molar refractivity (Wildman–Crippen MR) is 72.0 cm³/mol. The maximum atomic E-state index is 12.4. The van der Waals surface area contributed by atoms with Crippen molar-refractivity contribution in [3.05, 3.63) is 0 Å². The summed E-state index contributed by atoms with van der Waals surface area (Å²) in [6.07, 6.45) is 0.664. The zero-order chi connectivity index (χ0) is 13.1. The fourth-order valence-corrected chi connectivity index (χ4v) is 2.65. The maximum Gasteiger partial charge on any atom is 0.0906 e. The molecular formula is C14H29FN2. The van der Waals surface area contributed by atoms with Gasteiger partial charge in [-0.25, -0.2) is 0 Å². The number of alkyl halides is 1.